The Kier molecular flexibility index (Phi) is 6.28. The lowest BCUT2D eigenvalue weighted by molar-refractivity contribution is -0.138. The fraction of sp³-hybridized carbons (Fsp3) is 0.321. The van der Waals surface area contributed by atoms with Crippen LogP contribution in [0.5, 0.6) is 17.2 Å². The monoisotopic (exact) mass is 498 g/mol. The Bertz CT molecular complexity index is 1300. The van der Waals surface area contributed by atoms with Crippen molar-refractivity contribution in [3.63, 3.8) is 0 Å². The van der Waals surface area contributed by atoms with Crippen molar-refractivity contribution in [3.05, 3.63) is 88.0 Å². The quantitative estimate of drug-likeness (QED) is 0.413. The largest absolute Gasteiger partial charge is 0.497 e. The third-order valence-electron chi connectivity index (χ3n) is 6.86. The van der Waals surface area contributed by atoms with Crippen molar-refractivity contribution in [2.24, 2.45) is 0 Å². The van der Waals surface area contributed by atoms with E-state index in [9.17, 15) is 18.0 Å². The van der Waals surface area contributed by atoms with Crippen LogP contribution in [0.25, 0.3) is 0 Å². The molecule has 1 aliphatic heterocycles. The molecule has 0 amide bonds. The molecule has 1 heterocycles. The van der Waals surface area contributed by atoms with Crippen molar-refractivity contribution >= 4 is 5.97 Å². The van der Waals surface area contributed by atoms with Crippen LogP contribution in [0.3, 0.4) is 0 Å². The number of rotatable bonds is 7. The van der Waals surface area contributed by atoms with Crippen molar-refractivity contribution in [1.82, 2.24) is 0 Å². The summed E-state index contributed by atoms with van der Waals surface area (Å²) in [5.74, 6) is 0.625. The molecule has 2 aliphatic rings. The van der Waals surface area contributed by atoms with Gasteiger partial charge in [0.15, 0.2) is 0 Å². The number of halogens is 3. The van der Waals surface area contributed by atoms with E-state index in [0.717, 1.165) is 22.8 Å². The van der Waals surface area contributed by atoms with Crippen molar-refractivity contribution in [3.8, 4) is 17.2 Å². The number of carbonyl (C=O) groups is 1. The zero-order valence-electron chi connectivity index (χ0n) is 19.6. The molecule has 188 valence electrons. The maximum atomic E-state index is 13.9. The molecule has 5 nitrogen and oxygen atoms in total. The maximum absolute atomic E-state index is 13.9. The smallest absolute Gasteiger partial charge is 0.416 e. The topological polar surface area (TPSA) is 65.0 Å². The van der Waals surface area contributed by atoms with Gasteiger partial charge in [0.1, 0.15) is 23.4 Å². The van der Waals surface area contributed by atoms with Gasteiger partial charge < -0.3 is 19.3 Å². The lowest BCUT2D eigenvalue weighted by Gasteiger charge is -2.20. The molecular weight excluding hydrogens is 473 g/mol. The first-order valence-corrected chi connectivity index (χ1v) is 11.7. The van der Waals surface area contributed by atoms with Gasteiger partial charge in [-0.2, -0.15) is 13.2 Å². The first-order chi connectivity index (χ1) is 17.2. The predicted octanol–water partition coefficient (Wildman–Crippen LogP) is 6.32. The Hall–Kier alpha value is -3.68. The van der Waals surface area contributed by atoms with Crippen LogP contribution in [0, 0.1) is 0 Å². The third-order valence-corrected chi connectivity index (χ3v) is 6.86. The van der Waals surface area contributed by atoms with E-state index in [1.165, 1.54) is 13.2 Å². The molecule has 0 saturated carbocycles. The van der Waals surface area contributed by atoms with Crippen molar-refractivity contribution in [2.75, 3.05) is 13.7 Å². The zero-order valence-corrected chi connectivity index (χ0v) is 19.6. The van der Waals surface area contributed by atoms with E-state index in [-0.39, 0.29) is 30.4 Å². The number of methoxy groups -OCH3 is 1. The number of hydrogen-bond acceptors (Lipinski definition) is 4. The Morgan fingerprint density at radius 2 is 1.89 bits per heavy atom. The first-order valence-electron chi connectivity index (χ1n) is 11.7. The second kappa shape index (κ2) is 9.41. The molecule has 0 fully saturated rings. The molecule has 8 heteroatoms. The fourth-order valence-electron chi connectivity index (χ4n) is 5.19. The molecule has 3 aromatic carbocycles. The van der Waals surface area contributed by atoms with Gasteiger partial charge in [0.05, 0.1) is 25.7 Å². The van der Waals surface area contributed by atoms with Crippen LogP contribution < -0.4 is 14.2 Å². The molecule has 36 heavy (non-hydrogen) atoms. The number of carboxylic acid groups (broad SMARTS) is 1. The summed E-state index contributed by atoms with van der Waals surface area (Å²) in [6, 6.07) is 15.1. The van der Waals surface area contributed by atoms with Gasteiger partial charge >= 0.3 is 12.1 Å². The van der Waals surface area contributed by atoms with E-state index in [0.29, 0.717) is 42.3 Å². The summed E-state index contributed by atoms with van der Waals surface area (Å²) in [6.45, 7) is 0.297. The Morgan fingerprint density at radius 1 is 1.08 bits per heavy atom. The number of carboxylic acids is 1. The van der Waals surface area contributed by atoms with Crippen LogP contribution in [0.2, 0.25) is 0 Å². The van der Waals surface area contributed by atoms with E-state index in [4.69, 9.17) is 19.3 Å². The number of fused-ring (bicyclic) bond motifs is 2. The number of ether oxygens (including phenoxy) is 3. The van der Waals surface area contributed by atoms with Gasteiger partial charge in [0.2, 0.25) is 0 Å². The van der Waals surface area contributed by atoms with E-state index < -0.39 is 17.7 Å². The van der Waals surface area contributed by atoms with Gasteiger partial charge in [-0.15, -0.1) is 0 Å². The van der Waals surface area contributed by atoms with Crippen LogP contribution in [0.4, 0.5) is 13.2 Å². The summed E-state index contributed by atoms with van der Waals surface area (Å²) in [4.78, 5) is 11.1. The molecule has 0 spiro atoms. The molecule has 0 bridgehead atoms. The molecule has 0 unspecified atom stereocenters. The van der Waals surface area contributed by atoms with E-state index in [1.807, 2.05) is 6.07 Å². The molecular formula is C28H25F3O5. The molecule has 0 saturated heterocycles. The van der Waals surface area contributed by atoms with Crippen molar-refractivity contribution in [1.29, 1.82) is 0 Å². The minimum atomic E-state index is -4.47. The normalized spacial score (nSPS) is 18.3. The van der Waals surface area contributed by atoms with Crippen LogP contribution in [-0.2, 0) is 23.8 Å². The molecule has 2 atom stereocenters. The summed E-state index contributed by atoms with van der Waals surface area (Å²) >= 11 is 0. The second-order valence-electron chi connectivity index (χ2n) is 9.14. The fourth-order valence-corrected chi connectivity index (χ4v) is 5.19. The highest BCUT2D eigenvalue weighted by Crippen LogP contribution is 2.44. The van der Waals surface area contributed by atoms with Gasteiger partial charge in [-0.3, -0.25) is 4.79 Å². The highest BCUT2D eigenvalue weighted by Gasteiger charge is 2.37. The minimum absolute atomic E-state index is 0.0131. The Morgan fingerprint density at radius 3 is 2.64 bits per heavy atom. The van der Waals surface area contributed by atoms with Gasteiger partial charge in [-0.1, -0.05) is 24.3 Å². The number of benzene rings is 3. The Balaban J connectivity index is 1.43. The summed E-state index contributed by atoms with van der Waals surface area (Å²) in [5, 5.41) is 9.09. The van der Waals surface area contributed by atoms with Gasteiger partial charge in [-0.05, 0) is 65.8 Å². The molecule has 5 rings (SSSR count). The lowest BCUT2D eigenvalue weighted by atomic mass is 9.91. The average Bonchev–Trinajstić information content (AvgIpc) is 3.42. The summed E-state index contributed by atoms with van der Waals surface area (Å²) in [6.07, 6.45) is -3.69. The number of alkyl halides is 3. The molecule has 1 aliphatic carbocycles. The maximum Gasteiger partial charge on any atom is 0.416 e. The lowest BCUT2D eigenvalue weighted by Crippen LogP contribution is -2.13. The first kappa shape index (κ1) is 24.0. The van der Waals surface area contributed by atoms with Gasteiger partial charge in [0, 0.05) is 17.5 Å². The summed E-state index contributed by atoms with van der Waals surface area (Å²) < 4.78 is 58.9. The van der Waals surface area contributed by atoms with E-state index >= 15 is 0 Å². The SMILES string of the molecule is COc1cccc(Cc2c(C(F)(F)F)ccc3c2CC[C@H]3Oc2ccc3c(c2)OC[C@H]3CC(=O)O)c1. The highest BCUT2D eigenvalue weighted by atomic mass is 19.4. The Labute approximate surface area is 206 Å². The van der Waals surface area contributed by atoms with E-state index in [2.05, 4.69) is 0 Å². The van der Waals surface area contributed by atoms with Crippen LogP contribution in [-0.4, -0.2) is 24.8 Å². The van der Waals surface area contributed by atoms with Crippen LogP contribution in [0.1, 0.15) is 58.2 Å². The highest BCUT2D eigenvalue weighted by molar-refractivity contribution is 5.68. The molecule has 1 N–H and O–H groups in total. The van der Waals surface area contributed by atoms with Crippen molar-refractivity contribution < 1.29 is 37.3 Å². The number of hydrogen-bond donors (Lipinski definition) is 1. The minimum Gasteiger partial charge on any atom is -0.497 e. The van der Waals surface area contributed by atoms with Gasteiger partial charge in [0.25, 0.3) is 0 Å². The molecule has 0 aromatic heterocycles. The van der Waals surface area contributed by atoms with Crippen LogP contribution >= 0.6 is 0 Å². The predicted molar refractivity (Wildman–Crippen MR) is 126 cm³/mol. The second-order valence-corrected chi connectivity index (χ2v) is 9.14. The average molecular weight is 498 g/mol. The van der Waals surface area contributed by atoms with Gasteiger partial charge in [-0.25, -0.2) is 0 Å². The molecule has 3 aromatic rings. The zero-order chi connectivity index (χ0) is 25.4. The van der Waals surface area contributed by atoms with Crippen molar-refractivity contribution in [2.45, 2.75) is 43.9 Å². The molecule has 0 radical (unpaired) electrons. The third kappa shape index (κ3) is 4.72. The van der Waals surface area contributed by atoms with Crippen LogP contribution in [0.15, 0.2) is 54.6 Å². The standard InChI is InChI=1S/C28H25F3O5/c1-34-18-4-2-3-16(11-18)12-23-21-8-10-25(22(21)7-9-24(23)28(29,30)31)36-19-5-6-20-17(13-27(32)33)15-35-26(20)14-19/h2-7,9,11,14,17,25H,8,10,12-13,15H2,1H3,(H,32,33)/t17-,25-/m1/s1. The number of aliphatic carboxylic acids is 1. The van der Waals surface area contributed by atoms with E-state index in [1.54, 1.807) is 36.4 Å². The summed E-state index contributed by atoms with van der Waals surface area (Å²) in [5.41, 5.74) is 2.65. The summed E-state index contributed by atoms with van der Waals surface area (Å²) in [7, 11) is 1.53.